The van der Waals surface area contributed by atoms with Crippen molar-refractivity contribution in [3.8, 4) is 47.3 Å². The molecule has 0 bridgehead atoms. The molecule has 0 unspecified atom stereocenters. The van der Waals surface area contributed by atoms with Crippen LogP contribution in [-0.4, -0.2) is 43.7 Å². The van der Waals surface area contributed by atoms with Crippen LogP contribution in [0.15, 0.2) is 110 Å². The van der Waals surface area contributed by atoms with Crippen LogP contribution >= 0.6 is 22.6 Å². The normalized spacial score (nSPS) is 9.69. The smallest absolute Gasteiger partial charge is 0.248 e. The van der Waals surface area contributed by atoms with Crippen molar-refractivity contribution in [1.29, 1.82) is 0 Å². The molecule has 0 saturated heterocycles. The zero-order valence-corrected chi connectivity index (χ0v) is 26.3. The molecule has 0 aliphatic rings. The minimum atomic E-state index is -0.293. The second-order valence-corrected chi connectivity index (χ2v) is 9.87. The number of terminal acetylenes is 1. The van der Waals surface area contributed by atoms with Crippen LogP contribution in [0.4, 0.5) is 8.78 Å². The van der Waals surface area contributed by atoms with Crippen LogP contribution < -0.4 is 9.47 Å². The highest BCUT2D eigenvalue weighted by atomic mass is 127. The number of benzene rings is 2. The predicted molar refractivity (Wildman–Crippen MR) is 175 cm³/mol. The van der Waals surface area contributed by atoms with Gasteiger partial charge in [0.25, 0.3) is 0 Å². The van der Waals surface area contributed by atoms with Crippen molar-refractivity contribution in [2.45, 2.75) is 0 Å². The summed E-state index contributed by atoms with van der Waals surface area (Å²) in [6.45, 7) is 0. The fraction of sp³-hybridized carbons (Fsp3) is 0.0588. The summed E-state index contributed by atoms with van der Waals surface area (Å²) in [7, 11) is 3.10. The van der Waals surface area contributed by atoms with Crippen LogP contribution in [0.25, 0.3) is 11.4 Å². The number of methoxy groups -OCH3 is 2. The maximum Gasteiger partial charge on any atom is 0.248 e. The monoisotopic (exact) mass is 714 g/mol. The third kappa shape index (κ3) is 9.48. The van der Waals surface area contributed by atoms with Crippen LogP contribution in [-0.2, 0) is 0 Å². The highest BCUT2D eigenvalue weighted by molar-refractivity contribution is 14.1. The minimum absolute atomic E-state index is 0.257. The van der Waals surface area contributed by atoms with Gasteiger partial charge in [-0.15, -0.1) is 16.6 Å². The highest BCUT2D eigenvalue weighted by Crippen LogP contribution is 2.20. The van der Waals surface area contributed by atoms with Crippen LogP contribution in [0.1, 0.15) is 17.0 Å². The molecular weight excluding hydrogens is 689 g/mol. The molecule has 6 aromatic rings. The van der Waals surface area contributed by atoms with Crippen LogP contribution in [0, 0.1) is 39.4 Å². The van der Waals surface area contributed by atoms with Crippen molar-refractivity contribution in [1.82, 2.24) is 29.5 Å². The van der Waals surface area contributed by atoms with Gasteiger partial charge in [0, 0.05) is 18.6 Å². The van der Waals surface area contributed by atoms with Gasteiger partial charge in [0.15, 0.2) is 0 Å². The molecule has 0 atom stereocenters. The van der Waals surface area contributed by atoms with Crippen molar-refractivity contribution in [2.24, 2.45) is 0 Å². The average molecular weight is 715 g/mol. The van der Waals surface area contributed by atoms with Crippen molar-refractivity contribution in [2.75, 3.05) is 14.2 Å². The molecule has 4 aromatic heterocycles. The first-order chi connectivity index (χ1) is 21.9. The Morgan fingerprint density at radius 1 is 0.667 bits per heavy atom. The van der Waals surface area contributed by atoms with E-state index in [9.17, 15) is 8.78 Å². The number of ether oxygens (including phenoxy) is 2. The zero-order valence-electron chi connectivity index (χ0n) is 24.1. The van der Waals surface area contributed by atoms with E-state index in [0.717, 1.165) is 14.9 Å². The molecule has 0 N–H and O–H groups in total. The Bertz CT molecular complexity index is 1910. The quantitative estimate of drug-likeness (QED) is 0.153. The van der Waals surface area contributed by atoms with Gasteiger partial charge in [0.2, 0.25) is 11.8 Å². The van der Waals surface area contributed by atoms with Gasteiger partial charge in [0.1, 0.15) is 28.6 Å². The first-order valence-electron chi connectivity index (χ1n) is 13.2. The predicted octanol–water partition coefficient (Wildman–Crippen LogP) is 6.50. The maximum atomic E-state index is 13.0. The summed E-state index contributed by atoms with van der Waals surface area (Å²) in [6.07, 6.45) is 12.0. The lowest BCUT2D eigenvalue weighted by Crippen LogP contribution is -1.95. The molecule has 0 fully saturated rings. The van der Waals surface area contributed by atoms with Crippen molar-refractivity contribution in [3.63, 3.8) is 0 Å². The molecule has 6 rings (SSSR count). The Hall–Kier alpha value is -5.53. The van der Waals surface area contributed by atoms with Gasteiger partial charge in [-0.05, 0) is 101 Å². The van der Waals surface area contributed by atoms with E-state index < -0.39 is 0 Å². The maximum absolute atomic E-state index is 13.0. The largest absolute Gasteiger partial charge is 0.479 e. The molecule has 0 aliphatic heterocycles. The van der Waals surface area contributed by atoms with E-state index in [0.29, 0.717) is 28.7 Å². The Balaban J connectivity index is 0.000000172. The lowest BCUT2D eigenvalue weighted by Gasteiger charge is -1.99. The number of nitrogens with zero attached hydrogens (tertiary/aromatic N) is 6. The first kappa shape index (κ1) is 32.4. The Kier molecular flexibility index (Phi) is 11.8. The average Bonchev–Trinajstić information content (AvgIpc) is 3.68. The summed E-state index contributed by atoms with van der Waals surface area (Å²) in [5, 5.41) is 8.48. The molecule has 8 nitrogen and oxygen atoms in total. The number of pyridine rings is 2. The van der Waals surface area contributed by atoms with E-state index in [2.05, 4.69) is 60.5 Å². The Morgan fingerprint density at radius 2 is 1.18 bits per heavy atom. The van der Waals surface area contributed by atoms with Gasteiger partial charge >= 0.3 is 0 Å². The van der Waals surface area contributed by atoms with E-state index in [4.69, 9.17) is 15.9 Å². The van der Waals surface area contributed by atoms with Crippen molar-refractivity contribution in [3.05, 3.63) is 142 Å². The van der Waals surface area contributed by atoms with Crippen molar-refractivity contribution < 1.29 is 18.3 Å². The van der Waals surface area contributed by atoms with Crippen LogP contribution in [0.3, 0.4) is 0 Å². The van der Waals surface area contributed by atoms with E-state index in [1.807, 2.05) is 36.5 Å². The molecule has 4 heterocycles. The lowest BCUT2D eigenvalue weighted by molar-refractivity contribution is 0.391. The van der Waals surface area contributed by atoms with Gasteiger partial charge < -0.3 is 9.47 Å². The first-order valence-corrected chi connectivity index (χ1v) is 14.2. The number of aromatic nitrogens is 6. The fourth-order valence-corrected chi connectivity index (χ4v) is 4.13. The molecule has 224 valence electrons. The zero-order chi connectivity index (χ0) is 32.0. The summed E-state index contributed by atoms with van der Waals surface area (Å²) in [5.41, 5.74) is 3.52. The van der Waals surface area contributed by atoms with Gasteiger partial charge in [0.05, 0.1) is 35.4 Å². The lowest BCUT2D eigenvalue weighted by atomic mass is 10.3. The molecular formula is C34H25F2IN6O2. The van der Waals surface area contributed by atoms with Gasteiger partial charge in [-0.3, -0.25) is 0 Å². The summed E-state index contributed by atoms with van der Waals surface area (Å²) < 4.78 is 40.1. The Labute approximate surface area is 272 Å². The fourth-order valence-electron chi connectivity index (χ4n) is 3.54. The second kappa shape index (κ2) is 16.4. The summed E-state index contributed by atoms with van der Waals surface area (Å²) in [5.74, 6) is 8.79. The number of rotatable bonds is 4. The van der Waals surface area contributed by atoms with E-state index >= 15 is 0 Å². The summed E-state index contributed by atoms with van der Waals surface area (Å²) in [4.78, 5) is 8.00. The molecule has 0 radical (unpaired) electrons. The van der Waals surface area contributed by atoms with E-state index in [1.54, 1.807) is 65.4 Å². The topological polar surface area (TPSA) is 79.9 Å². The molecule has 45 heavy (non-hydrogen) atoms. The number of halogens is 3. The molecule has 0 aliphatic carbocycles. The molecule has 11 heteroatoms. The van der Waals surface area contributed by atoms with Gasteiger partial charge in [-0.25, -0.2) is 28.1 Å². The van der Waals surface area contributed by atoms with Crippen LogP contribution in [0.2, 0.25) is 0 Å². The third-order valence-electron chi connectivity index (χ3n) is 5.69. The summed E-state index contributed by atoms with van der Waals surface area (Å²) >= 11 is 2.13. The van der Waals surface area contributed by atoms with E-state index in [-0.39, 0.29) is 11.6 Å². The minimum Gasteiger partial charge on any atom is -0.479 e. The number of hydrogen-bond donors (Lipinski definition) is 0. The molecule has 0 spiro atoms. The second-order valence-electron chi connectivity index (χ2n) is 8.70. The van der Waals surface area contributed by atoms with Gasteiger partial charge in [-0.1, -0.05) is 24.0 Å². The number of hydrogen-bond acceptors (Lipinski definition) is 6. The molecule has 2 aromatic carbocycles. The van der Waals surface area contributed by atoms with Crippen LogP contribution in [0.5, 0.6) is 11.8 Å². The Morgan fingerprint density at radius 3 is 1.62 bits per heavy atom. The molecule has 0 amide bonds. The summed E-state index contributed by atoms with van der Waals surface area (Å²) in [6, 6.07) is 23.2. The standard InChI is InChI=1S/C17H12FN3O.C10H8FIN2O.C7H5N/c1-22-17-13(5-8-15-4-2-3-11-19-15)12-21(20-17)16-9-6-14(18)7-10-16;1-15-10-9(12)6-14(13-10)8-4-2-7(11)3-5-8;1-2-7-5-3-4-6-8-7/h2-4,6-7,9-12H,1H3;2-6H,1H3;1,3-6H. The SMILES string of the molecule is C#Cc1ccccn1.COc1nn(-c2ccc(F)cc2)cc1C#Cc1ccccn1.COc1nn(-c2ccc(F)cc2)cc1I. The molecule has 0 saturated carbocycles. The van der Waals surface area contributed by atoms with Crippen molar-refractivity contribution >= 4 is 22.6 Å². The van der Waals surface area contributed by atoms with Gasteiger partial charge in [-0.2, -0.15) is 0 Å². The third-order valence-corrected chi connectivity index (χ3v) is 6.43. The highest BCUT2D eigenvalue weighted by Gasteiger charge is 2.09. The van der Waals surface area contributed by atoms with E-state index in [1.165, 1.54) is 31.4 Å².